The Morgan fingerprint density at radius 3 is 2.39 bits per heavy atom. The van der Waals surface area contributed by atoms with Gasteiger partial charge in [-0.1, -0.05) is 35.0 Å². The molecule has 0 heterocycles. The van der Waals surface area contributed by atoms with Crippen molar-refractivity contribution < 1.29 is 9.84 Å². The molecular formula is C13H10Cl2O2S. The highest BCUT2D eigenvalue weighted by Crippen LogP contribution is 2.40. The molecule has 2 aromatic carbocycles. The number of ether oxygens (including phenoxy) is 1. The van der Waals surface area contributed by atoms with Crippen molar-refractivity contribution in [2.24, 2.45) is 0 Å². The van der Waals surface area contributed by atoms with Crippen molar-refractivity contribution in [2.75, 3.05) is 7.11 Å². The molecule has 0 fully saturated rings. The first-order chi connectivity index (χ1) is 8.60. The zero-order valence-electron chi connectivity index (χ0n) is 9.48. The van der Waals surface area contributed by atoms with Crippen LogP contribution in [0.4, 0.5) is 0 Å². The molecule has 18 heavy (non-hydrogen) atoms. The first-order valence-corrected chi connectivity index (χ1v) is 6.67. The van der Waals surface area contributed by atoms with Gasteiger partial charge < -0.3 is 9.84 Å². The van der Waals surface area contributed by atoms with E-state index in [1.807, 2.05) is 12.1 Å². The highest BCUT2D eigenvalue weighted by molar-refractivity contribution is 7.99. The topological polar surface area (TPSA) is 29.5 Å². The molecule has 0 saturated carbocycles. The zero-order valence-corrected chi connectivity index (χ0v) is 11.8. The highest BCUT2D eigenvalue weighted by atomic mass is 35.5. The third-order valence-electron chi connectivity index (χ3n) is 2.27. The predicted molar refractivity (Wildman–Crippen MR) is 75.2 cm³/mol. The van der Waals surface area contributed by atoms with Gasteiger partial charge in [0.25, 0.3) is 0 Å². The van der Waals surface area contributed by atoms with E-state index in [-0.39, 0.29) is 5.75 Å². The summed E-state index contributed by atoms with van der Waals surface area (Å²) in [5.41, 5.74) is 0. The number of methoxy groups -OCH3 is 1. The Morgan fingerprint density at radius 2 is 1.78 bits per heavy atom. The third-order valence-corrected chi connectivity index (χ3v) is 4.02. The molecule has 0 bridgehead atoms. The van der Waals surface area contributed by atoms with Crippen LogP contribution < -0.4 is 4.74 Å². The van der Waals surface area contributed by atoms with Crippen molar-refractivity contribution >= 4 is 35.0 Å². The number of hydrogen-bond acceptors (Lipinski definition) is 3. The number of phenols is 1. The Kier molecular flexibility index (Phi) is 4.27. The second-order valence-electron chi connectivity index (χ2n) is 3.51. The van der Waals surface area contributed by atoms with E-state index in [9.17, 15) is 5.11 Å². The van der Waals surface area contributed by atoms with E-state index >= 15 is 0 Å². The summed E-state index contributed by atoms with van der Waals surface area (Å²) in [5, 5.41) is 10.9. The summed E-state index contributed by atoms with van der Waals surface area (Å²) in [4.78, 5) is 1.75. The van der Waals surface area contributed by atoms with Crippen molar-refractivity contribution in [3.63, 3.8) is 0 Å². The maximum absolute atomic E-state index is 9.72. The fourth-order valence-corrected chi connectivity index (χ4v) is 2.64. The highest BCUT2D eigenvalue weighted by Gasteiger charge is 2.09. The maximum atomic E-state index is 9.72. The molecular weight excluding hydrogens is 291 g/mol. The second-order valence-corrected chi connectivity index (χ2v) is 5.47. The number of rotatable bonds is 3. The van der Waals surface area contributed by atoms with Crippen LogP contribution in [0.2, 0.25) is 10.0 Å². The van der Waals surface area contributed by atoms with Gasteiger partial charge in [0.15, 0.2) is 11.5 Å². The Balaban J connectivity index is 2.29. The van der Waals surface area contributed by atoms with Crippen molar-refractivity contribution in [3.05, 3.63) is 46.4 Å². The molecule has 0 atom stereocenters. The van der Waals surface area contributed by atoms with Gasteiger partial charge in [-0.05, 0) is 30.3 Å². The maximum Gasteiger partial charge on any atom is 0.162 e. The minimum absolute atomic E-state index is 0.0679. The Morgan fingerprint density at radius 1 is 1.11 bits per heavy atom. The smallest absolute Gasteiger partial charge is 0.162 e. The normalized spacial score (nSPS) is 10.4. The second kappa shape index (κ2) is 5.74. The van der Waals surface area contributed by atoms with Crippen LogP contribution in [0.15, 0.2) is 46.2 Å². The Hall–Kier alpha value is -1.03. The van der Waals surface area contributed by atoms with Gasteiger partial charge in [0, 0.05) is 20.9 Å². The molecule has 2 nitrogen and oxygen atoms in total. The van der Waals surface area contributed by atoms with Crippen LogP contribution in [0, 0.1) is 0 Å². The Bertz CT molecular complexity index is 556. The molecule has 0 aromatic heterocycles. The summed E-state index contributed by atoms with van der Waals surface area (Å²) in [6, 6.07) is 10.6. The van der Waals surface area contributed by atoms with Gasteiger partial charge in [0.2, 0.25) is 0 Å². The first-order valence-electron chi connectivity index (χ1n) is 5.10. The van der Waals surface area contributed by atoms with Gasteiger partial charge in [-0.25, -0.2) is 0 Å². The van der Waals surface area contributed by atoms with E-state index < -0.39 is 0 Å². The van der Waals surface area contributed by atoms with E-state index in [4.69, 9.17) is 27.9 Å². The SMILES string of the molecule is COc1cc(Cl)c(Sc2ccc(Cl)cc2)cc1O. The summed E-state index contributed by atoms with van der Waals surface area (Å²) in [6.07, 6.45) is 0. The fraction of sp³-hybridized carbons (Fsp3) is 0.0769. The minimum atomic E-state index is 0.0679. The lowest BCUT2D eigenvalue weighted by Gasteiger charge is -2.08. The predicted octanol–water partition coefficient (Wildman–Crippen LogP) is 4.86. The van der Waals surface area contributed by atoms with Crippen molar-refractivity contribution in [1.29, 1.82) is 0 Å². The zero-order chi connectivity index (χ0) is 13.1. The number of aromatic hydroxyl groups is 1. The molecule has 0 spiro atoms. The third kappa shape index (κ3) is 3.05. The summed E-state index contributed by atoms with van der Waals surface area (Å²) >= 11 is 13.4. The molecule has 2 rings (SSSR count). The molecule has 0 aliphatic rings. The fourth-order valence-electron chi connectivity index (χ4n) is 1.40. The number of hydrogen-bond donors (Lipinski definition) is 1. The van der Waals surface area contributed by atoms with Crippen molar-refractivity contribution in [1.82, 2.24) is 0 Å². The minimum Gasteiger partial charge on any atom is -0.504 e. The van der Waals surface area contributed by atoms with E-state index in [1.54, 1.807) is 24.3 Å². The summed E-state index contributed by atoms with van der Waals surface area (Å²) < 4.78 is 4.99. The molecule has 2 aromatic rings. The molecule has 0 saturated heterocycles. The van der Waals surface area contributed by atoms with Gasteiger partial charge in [-0.15, -0.1) is 0 Å². The quantitative estimate of drug-likeness (QED) is 0.878. The standard InChI is InChI=1S/C13H10Cl2O2S/c1-17-12-6-10(15)13(7-11(12)16)18-9-4-2-8(14)3-5-9/h2-7,16H,1H3. The van der Waals surface area contributed by atoms with Crippen LogP contribution >= 0.6 is 35.0 Å². The Labute approximate surface area is 119 Å². The van der Waals surface area contributed by atoms with Gasteiger partial charge >= 0.3 is 0 Å². The number of benzene rings is 2. The first kappa shape index (κ1) is 13.4. The van der Waals surface area contributed by atoms with Crippen LogP contribution in [-0.2, 0) is 0 Å². The van der Waals surface area contributed by atoms with Crippen molar-refractivity contribution in [3.8, 4) is 11.5 Å². The van der Waals surface area contributed by atoms with Crippen LogP contribution in [0.5, 0.6) is 11.5 Å². The van der Waals surface area contributed by atoms with Gasteiger partial charge in [0.1, 0.15) is 0 Å². The average Bonchev–Trinajstić information content (AvgIpc) is 2.36. The van der Waals surface area contributed by atoms with E-state index in [0.717, 1.165) is 9.79 Å². The molecule has 0 aliphatic heterocycles. The van der Waals surface area contributed by atoms with Gasteiger partial charge in [-0.2, -0.15) is 0 Å². The van der Waals surface area contributed by atoms with Gasteiger partial charge in [-0.3, -0.25) is 0 Å². The average molecular weight is 301 g/mol. The molecule has 0 radical (unpaired) electrons. The molecule has 0 unspecified atom stereocenters. The van der Waals surface area contributed by atoms with Gasteiger partial charge in [0.05, 0.1) is 12.1 Å². The molecule has 94 valence electrons. The largest absolute Gasteiger partial charge is 0.504 e. The summed E-state index contributed by atoms with van der Waals surface area (Å²) in [5.74, 6) is 0.429. The van der Waals surface area contributed by atoms with Crippen LogP contribution in [0.25, 0.3) is 0 Å². The molecule has 0 amide bonds. The molecule has 1 N–H and O–H groups in total. The van der Waals surface area contributed by atoms with Crippen LogP contribution in [0.3, 0.4) is 0 Å². The monoisotopic (exact) mass is 300 g/mol. The van der Waals surface area contributed by atoms with Crippen LogP contribution in [-0.4, -0.2) is 12.2 Å². The summed E-state index contributed by atoms with van der Waals surface area (Å²) in [6.45, 7) is 0. The van der Waals surface area contributed by atoms with E-state index in [2.05, 4.69) is 0 Å². The van der Waals surface area contributed by atoms with Crippen LogP contribution in [0.1, 0.15) is 0 Å². The lowest BCUT2D eigenvalue weighted by molar-refractivity contribution is 0.372. The lowest BCUT2D eigenvalue weighted by Crippen LogP contribution is -1.85. The lowest BCUT2D eigenvalue weighted by atomic mass is 10.3. The van der Waals surface area contributed by atoms with E-state index in [0.29, 0.717) is 15.8 Å². The summed E-state index contributed by atoms with van der Waals surface area (Å²) in [7, 11) is 1.48. The van der Waals surface area contributed by atoms with Crippen molar-refractivity contribution in [2.45, 2.75) is 9.79 Å². The number of phenolic OH excluding ortho intramolecular Hbond substituents is 1. The molecule has 0 aliphatic carbocycles. The number of halogens is 2. The molecule has 5 heteroatoms. The van der Waals surface area contributed by atoms with E-state index in [1.165, 1.54) is 18.9 Å².